The first-order valence-corrected chi connectivity index (χ1v) is 6.07. The third-order valence-electron chi connectivity index (χ3n) is 1.81. The molecular formula is C11H15ClS. The van der Waals surface area contributed by atoms with E-state index in [1.807, 2.05) is 30.0 Å². The molecule has 0 unspecified atom stereocenters. The Labute approximate surface area is 89.7 Å². The van der Waals surface area contributed by atoms with E-state index in [-0.39, 0.29) is 0 Å². The molecule has 2 heteroatoms. The second-order valence-corrected chi connectivity index (χ2v) is 4.62. The van der Waals surface area contributed by atoms with Gasteiger partial charge in [0.25, 0.3) is 0 Å². The van der Waals surface area contributed by atoms with Crippen molar-refractivity contribution in [3.05, 3.63) is 29.3 Å². The molecule has 0 aliphatic rings. The first-order chi connectivity index (χ1) is 6.33. The second-order valence-electron chi connectivity index (χ2n) is 3.01. The van der Waals surface area contributed by atoms with Gasteiger partial charge in [-0.2, -0.15) is 0 Å². The van der Waals surface area contributed by atoms with Crippen LogP contribution in [0.15, 0.2) is 29.2 Å². The maximum Gasteiger partial charge on any atom is 0.0417 e. The molecule has 0 saturated heterocycles. The third-order valence-corrected chi connectivity index (χ3v) is 3.13. The summed E-state index contributed by atoms with van der Waals surface area (Å²) in [6, 6.07) is 8.06. The van der Waals surface area contributed by atoms with Crippen LogP contribution in [0.2, 0.25) is 5.02 Å². The molecule has 0 spiro atoms. The third kappa shape index (κ3) is 4.58. The molecule has 0 amide bonds. The zero-order valence-electron chi connectivity index (χ0n) is 7.92. The van der Waals surface area contributed by atoms with Crippen LogP contribution in [0.1, 0.15) is 26.2 Å². The Balaban J connectivity index is 2.28. The van der Waals surface area contributed by atoms with Crippen LogP contribution < -0.4 is 0 Å². The molecule has 0 saturated carbocycles. The predicted molar refractivity (Wildman–Crippen MR) is 61.7 cm³/mol. The van der Waals surface area contributed by atoms with Crippen molar-refractivity contribution < 1.29 is 0 Å². The van der Waals surface area contributed by atoms with Crippen LogP contribution in [0.25, 0.3) is 0 Å². The lowest BCUT2D eigenvalue weighted by molar-refractivity contribution is 0.778. The molecule has 0 nitrogen and oxygen atoms in total. The Morgan fingerprint density at radius 1 is 1.31 bits per heavy atom. The SMILES string of the molecule is CCCCCSc1cccc(Cl)c1. The van der Waals surface area contributed by atoms with E-state index in [4.69, 9.17) is 11.6 Å². The highest BCUT2D eigenvalue weighted by atomic mass is 35.5. The van der Waals surface area contributed by atoms with Crippen LogP contribution in [0.5, 0.6) is 0 Å². The maximum absolute atomic E-state index is 5.87. The Morgan fingerprint density at radius 3 is 2.85 bits per heavy atom. The zero-order chi connectivity index (χ0) is 9.52. The summed E-state index contributed by atoms with van der Waals surface area (Å²) in [6.07, 6.45) is 3.91. The van der Waals surface area contributed by atoms with Crippen molar-refractivity contribution in [2.75, 3.05) is 5.75 Å². The molecule has 72 valence electrons. The van der Waals surface area contributed by atoms with E-state index in [0.717, 1.165) is 5.02 Å². The molecule has 0 radical (unpaired) electrons. The maximum atomic E-state index is 5.87. The van der Waals surface area contributed by atoms with Crippen LogP contribution in [-0.4, -0.2) is 5.75 Å². The molecule has 0 heterocycles. The molecule has 1 rings (SSSR count). The normalized spacial score (nSPS) is 10.3. The molecule has 13 heavy (non-hydrogen) atoms. The molecule has 0 fully saturated rings. The summed E-state index contributed by atoms with van der Waals surface area (Å²) in [5.74, 6) is 1.20. The Kier molecular flexibility index (Phi) is 5.33. The number of hydrogen-bond donors (Lipinski definition) is 0. The first-order valence-electron chi connectivity index (χ1n) is 4.71. The van der Waals surface area contributed by atoms with Crippen LogP contribution >= 0.6 is 23.4 Å². The highest BCUT2D eigenvalue weighted by Crippen LogP contribution is 2.22. The van der Waals surface area contributed by atoms with Crippen LogP contribution in [-0.2, 0) is 0 Å². The quantitative estimate of drug-likeness (QED) is 0.509. The van der Waals surface area contributed by atoms with Crippen molar-refractivity contribution in [3.63, 3.8) is 0 Å². The Morgan fingerprint density at radius 2 is 2.15 bits per heavy atom. The highest BCUT2D eigenvalue weighted by Gasteiger charge is 1.94. The molecule has 1 aromatic carbocycles. The summed E-state index contributed by atoms with van der Waals surface area (Å²) in [5, 5.41) is 0.834. The second kappa shape index (κ2) is 6.33. The summed E-state index contributed by atoms with van der Waals surface area (Å²) < 4.78 is 0. The van der Waals surface area contributed by atoms with Crippen molar-refractivity contribution in [2.24, 2.45) is 0 Å². The van der Waals surface area contributed by atoms with E-state index in [1.54, 1.807) is 0 Å². The minimum Gasteiger partial charge on any atom is -0.126 e. The lowest BCUT2D eigenvalue weighted by Gasteiger charge is -2.00. The average Bonchev–Trinajstić information content (AvgIpc) is 2.13. The number of hydrogen-bond acceptors (Lipinski definition) is 1. The van der Waals surface area contributed by atoms with Gasteiger partial charge in [-0.15, -0.1) is 11.8 Å². The number of benzene rings is 1. The van der Waals surface area contributed by atoms with Gasteiger partial charge < -0.3 is 0 Å². The Bertz CT molecular complexity index is 248. The van der Waals surface area contributed by atoms with Gasteiger partial charge in [0.15, 0.2) is 0 Å². The number of thioether (sulfide) groups is 1. The van der Waals surface area contributed by atoms with Gasteiger partial charge in [0, 0.05) is 9.92 Å². The summed E-state index contributed by atoms with van der Waals surface area (Å²) in [6.45, 7) is 2.23. The van der Waals surface area contributed by atoms with Crippen LogP contribution in [0.4, 0.5) is 0 Å². The predicted octanol–water partition coefficient (Wildman–Crippen LogP) is 4.62. The minimum absolute atomic E-state index is 0.834. The topological polar surface area (TPSA) is 0 Å². The van der Waals surface area contributed by atoms with Gasteiger partial charge in [0.05, 0.1) is 0 Å². The molecule has 0 bridgehead atoms. The lowest BCUT2D eigenvalue weighted by atomic mass is 10.3. The fourth-order valence-electron chi connectivity index (χ4n) is 1.10. The minimum atomic E-state index is 0.834. The van der Waals surface area contributed by atoms with Crippen molar-refractivity contribution in [1.82, 2.24) is 0 Å². The number of halogens is 1. The van der Waals surface area contributed by atoms with Crippen molar-refractivity contribution in [1.29, 1.82) is 0 Å². The molecule has 0 N–H and O–H groups in total. The van der Waals surface area contributed by atoms with Gasteiger partial charge in [0.1, 0.15) is 0 Å². The highest BCUT2D eigenvalue weighted by molar-refractivity contribution is 7.99. The van der Waals surface area contributed by atoms with Gasteiger partial charge in [-0.25, -0.2) is 0 Å². The Hall–Kier alpha value is -0.140. The van der Waals surface area contributed by atoms with E-state index in [0.29, 0.717) is 0 Å². The van der Waals surface area contributed by atoms with Crippen molar-refractivity contribution in [2.45, 2.75) is 31.1 Å². The summed E-state index contributed by atoms with van der Waals surface area (Å²) >= 11 is 7.76. The van der Waals surface area contributed by atoms with E-state index in [2.05, 4.69) is 13.0 Å². The van der Waals surface area contributed by atoms with E-state index >= 15 is 0 Å². The molecule has 0 aromatic heterocycles. The standard InChI is InChI=1S/C11H15ClS/c1-2-3-4-8-13-11-7-5-6-10(12)9-11/h5-7,9H,2-4,8H2,1H3. The molecular weight excluding hydrogens is 200 g/mol. The van der Waals surface area contributed by atoms with E-state index in [9.17, 15) is 0 Å². The monoisotopic (exact) mass is 214 g/mol. The average molecular weight is 215 g/mol. The number of rotatable bonds is 5. The molecule has 1 aromatic rings. The number of unbranched alkanes of at least 4 members (excludes halogenated alkanes) is 2. The molecule has 0 atom stereocenters. The first kappa shape index (κ1) is 10.9. The smallest absolute Gasteiger partial charge is 0.0417 e. The fourth-order valence-corrected chi connectivity index (χ4v) is 2.32. The van der Waals surface area contributed by atoms with Gasteiger partial charge in [-0.3, -0.25) is 0 Å². The van der Waals surface area contributed by atoms with Gasteiger partial charge in [-0.05, 0) is 30.4 Å². The van der Waals surface area contributed by atoms with Crippen molar-refractivity contribution >= 4 is 23.4 Å². The lowest BCUT2D eigenvalue weighted by Crippen LogP contribution is -1.79. The molecule has 0 aliphatic heterocycles. The fraction of sp³-hybridized carbons (Fsp3) is 0.455. The van der Waals surface area contributed by atoms with E-state index < -0.39 is 0 Å². The van der Waals surface area contributed by atoms with E-state index in [1.165, 1.54) is 29.9 Å². The largest absolute Gasteiger partial charge is 0.126 e. The summed E-state index contributed by atoms with van der Waals surface area (Å²) in [4.78, 5) is 1.28. The van der Waals surface area contributed by atoms with Crippen LogP contribution in [0.3, 0.4) is 0 Å². The van der Waals surface area contributed by atoms with Gasteiger partial charge in [-0.1, -0.05) is 37.4 Å². The summed E-state index contributed by atoms with van der Waals surface area (Å²) in [5.41, 5.74) is 0. The van der Waals surface area contributed by atoms with Gasteiger partial charge >= 0.3 is 0 Å². The van der Waals surface area contributed by atoms with Crippen molar-refractivity contribution in [3.8, 4) is 0 Å². The van der Waals surface area contributed by atoms with Gasteiger partial charge in [0.2, 0.25) is 0 Å². The summed E-state index contributed by atoms with van der Waals surface area (Å²) in [7, 11) is 0. The molecule has 0 aliphatic carbocycles. The van der Waals surface area contributed by atoms with Crippen LogP contribution in [0, 0.1) is 0 Å². The zero-order valence-corrected chi connectivity index (χ0v) is 9.50.